The van der Waals surface area contributed by atoms with E-state index in [-0.39, 0.29) is 30.8 Å². The van der Waals surface area contributed by atoms with E-state index in [1.807, 2.05) is 13.8 Å². The molecule has 0 saturated heterocycles. The van der Waals surface area contributed by atoms with Crippen molar-refractivity contribution in [2.45, 2.75) is 46.1 Å². The van der Waals surface area contributed by atoms with Crippen molar-refractivity contribution in [2.75, 3.05) is 13.1 Å². The average Bonchev–Trinajstić information content (AvgIpc) is 2.19. The van der Waals surface area contributed by atoms with E-state index in [0.717, 1.165) is 6.42 Å². The van der Waals surface area contributed by atoms with E-state index in [4.69, 9.17) is 5.73 Å². The van der Waals surface area contributed by atoms with Crippen LogP contribution in [0.1, 0.15) is 40.5 Å². The van der Waals surface area contributed by atoms with Crippen molar-refractivity contribution in [1.82, 2.24) is 10.6 Å². The minimum Gasteiger partial charge on any atom is -0.353 e. The first-order chi connectivity index (χ1) is 7.70. The van der Waals surface area contributed by atoms with Gasteiger partial charge in [0.25, 0.3) is 0 Å². The number of hydrogen-bond acceptors (Lipinski definition) is 3. The smallest absolute Gasteiger partial charge is 0.239 e. The molecule has 108 valence electrons. The Morgan fingerprint density at radius 1 is 1.17 bits per heavy atom. The van der Waals surface area contributed by atoms with Crippen LogP contribution in [0.2, 0.25) is 0 Å². The molecule has 0 bridgehead atoms. The van der Waals surface area contributed by atoms with E-state index >= 15 is 0 Å². The molecule has 0 saturated carbocycles. The molecule has 0 radical (unpaired) electrons. The molecular weight excluding hydrogens is 254 g/mol. The van der Waals surface area contributed by atoms with Gasteiger partial charge < -0.3 is 16.4 Å². The number of rotatable bonds is 7. The highest BCUT2D eigenvalue weighted by Gasteiger charge is 2.12. The summed E-state index contributed by atoms with van der Waals surface area (Å²) in [6.07, 6.45) is 1.30. The number of hydrogen-bond donors (Lipinski definition) is 3. The zero-order valence-electron chi connectivity index (χ0n) is 11.7. The quantitative estimate of drug-likeness (QED) is 0.645. The lowest BCUT2D eigenvalue weighted by Gasteiger charge is -2.18. The number of nitrogens with one attached hydrogen (secondary N) is 2. The maximum atomic E-state index is 11.4. The van der Waals surface area contributed by atoms with Gasteiger partial charge in [0, 0.05) is 18.5 Å². The Morgan fingerprint density at radius 3 is 2.17 bits per heavy atom. The van der Waals surface area contributed by atoms with E-state index in [2.05, 4.69) is 24.5 Å². The maximum absolute atomic E-state index is 11.4. The van der Waals surface area contributed by atoms with Gasteiger partial charge >= 0.3 is 0 Å². The SMILES string of the molecule is CC(C)CCC(=O)NCC(=O)NCC(C)(C)N.Cl. The summed E-state index contributed by atoms with van der Waals surface area (Å²) < 4.78 is 0. The first-order valence-corrected chi connectivity index (χ1v) is 6.03. The molecule has 0 spiro atoms. The fourth-order valence-corrected chi connectivity index (χ4v) is 1.08. The molecule has 5 nitrogen and oxygen atoms in total. The summed E-state index contributed by atoms with van der Waals surface area (Å²) in [5.41, 5.74) is 5.29. The molecule has 0 atom stereocenters. The van der Waals surface area contributed by atoms with E-state index in [0.29, 0.717) is 18.9 Å². The molecule has 0 aliphatic rings. The fraction of sp³-hybridized carbons (Fsp3) is 0.833. The van der Waals surface area contributed by atoms with Crippen LogP contribution in [0, 0.1) is 5.92 Å². The molecule has 0 heterocycles. The summed E-state index contributed by atoms with van der Waals surface area (Å²) >= 11 is 0. The summed E-state index contributed by atoms with van der Waals surface area (Å²) in [5.74, 6) is 0.204. The molecule has 6 heteroatoms. The van der Waals surface area contributed by atoms with Crippen molar-refractivity contribution < 1.29 is 9.59 Å². The van der Waals surface area contributed by atoms with Gasteiger partial charge in [0.15, 0.2) is 0 Å². The molecule has 0 aliphatic carbocycles. The molecule has 4 N–H and O–H groups in total. The van der Waals surface area contributed by atoms with Crippen LogP contribution in [0.15, 0.2) is 0 Å². The third-order valence-corrected chi connectivity index (χ3v) is 2.14. The van der Waals surface area contributed by atoms with E-state index in [1.54, 1.807) is 0 Å². The molecule has 0 unspecified atom stereocenters. The highest BCUT2D eigenvalue weighted by Crippen LogP contribution is 2.02. The van der Waals surface area contributed by atoms with Crippen molar-refractivity contribution in [1.29, 1.82) is 0 Å². The summed E-state index contributed by atoms with van der Waals surface area (Å²) in [6, 6.07) is 0. The zero-order chi connectivity index (χ0) is 13.5. The molecule has 0 fully saturated rings. The molecule has 0 rings (SSSR count). The van der Waals surface area contributed by atoms with Gasteiger partial charge in [-0.05, 0) is 26.2 Å². The van der Waals surface area contributed by atoms with Crippen LogP contribution < -0.4 is 16.4 Å². The third-order valence-electron chi connectivity index (χ3n) is 2.14. The van der Waals surface area contributed by atoms with Crippen LogP contribution >= 0.6 is 12.4 Å². The lowest BCUT2D eigenvalue weighted by molar-refractivity contribution is -0.126. The van der Waals surface area contributed by atoms with Crippen LogP contribution in [-0.2, 0) is 9.59 Å². The lowest BCUT2D eigenvalue weighted by atomic mass is 10.1. The van der Waals surface area contributed by atoms with Gasteiger partial charge in [-0.3, -0.25) is 9.59 Å². The largest absolute Gasteiger partial charge is 0.353 e. The Balaban J connectivity index is 0. The van der Waals surface area contributed by atoms with Gasteiger partial charge in [-0.1, -0.05) is 13.8 Å². The molecule has 0 aromatic carbocycles. The number of nitrogens with two attached hydrogens (primary N) is 1. The molecule has 0 aliphatic heterocycles. The number of amides is 2. The first-order valence-electron chi connectivity index (χ1n) is 6.03. The number of halogens is 1. The van der Waals surface area contributed by atoms with E-state index in [9.17, 15) is 9.59 Å². The monoisotopic (exact) mass is 279 g/mol. The third kappa shape index (κ3) is 13.3. The number of carbonyl (C=O) groups is 2. The second kappa shape index (κ2) is 9.16. The Labute approximate surface area is 116 Å². The van der Waals surface area contributed by atoms with Crippen LogP contribution in [0.25, 0.3) is 0 Å². The Bertz CT molecular complexity index is 263. The van der Waals surface area contributed by atoms with Gasteiger partial charge in [0.1, 0.15) is 0 Å². The van der Waals surface area contributed by atoms with Gasteiger partial charge in [0.2, 0.25) is 11.8 Å². The normalized spacial score (nSPS) is 10.8. The van der Waals surface area contributed by atoms with Crippen molar-refractivity contribution in [3.8, 4) is 0 Å². The van der Waals surface area contributed by atoms with Crippen molar-refractivity contribution in [3.63, 3.8) is 0 Å². The Morgan fingerprint density at radius 2 is 1.72 bits per heavy atom. The highest BCUT2D eigenvalue weighted by atomic mass is 35.5. The summed E-state index contributed by atoms with van der Waals surface area (Å²) in [5, 5.41) is 5.25. The first kappa shape index (κ1) is 19.5. The minimum atomic E-state index is -0.433. The summed E-state index contributed by atoms with van der Waals surface area (Å²) in [7, 11) is 0. The summed E-state index contributed by atoms with van der Waals surface area (Å²) in [4.78, 5) is 22.7. The Kier molecular flexibility index (Phi) is 9.94. The predicted molar refractivity (Wildman–Crippen MR) is 75.6 cm³/mol. The van der Waals surface area contributed by atoms with E-state index in [1.165, 1.54) is 0 Å². The average molecular weight is 280 g/mol. The molecule has 18 heavy (non-hydrogen) atoms. The molecular formula is C12H26ClN3O2. The van der Waals surface area contributed by atoms with Gasteiger partial charge in [-0.15, -0.1) is 12.4 Å². The van der Waals surface area contributed by atoms with Gasteiger partial charge in [-0.25, -0.2) is 0 Å². The molecule has 2 amide bonds. The van der Waals surface area contributed by atoms with Crippen molar-refractivity contribution in [2.24, 2.45) is 11.7 Å². The van der Waals surface area contributed by atoms with Crippen LogP contribution in [0.3, 0.4) is 0 Å². The summed E-state index contributed by atoms with van der Waals surface area (Å²) in [6.45, 7) is 8.19. The Hall–Kier alpha value is -0.810. The topological polar surface area (TPSA) is 84.2 Å². The van der Waals surface area contributed by atoms with Crippen LogP contribution in [0.4, 0.5) is 0 Å². The van der Waals surface area contributed by atoms with Crippen LogP contribution in [-0.4, -0.2) is 30.4 Å². The fourth-order valence-electron chi connectivity index (χ4n) is 1.08. The standard InChI is InChI=1S/C12H25N3O2.ClH/c1-9(2)5-6-10(16)14-7-11(17)15-8-12(3,4)13;/h9H,5-8,13H2,1-4H3,(H,14,16)(H,15,17);1H. The van der Waals surface area contributed by atoms with Gasteiger partial charge in [0.05, 0.1) is 6.54 Å². The second-order valence-electron chi connectivity index (χ2n) is 5.47. The van der Waals surface area contributed by atoms with Crippen LogP contribution in [0.5, 0.6) is 0 Å². The molecule has 0 aromatic heterocycles. The van der Waals surface area contributed by atoms with Crippen molar-refractivity contribution >= 4 is 24.2 Å². The maximum Gasteiger partial charge on any atom is 0.239 e. The highest BCUT2D eigenvalue weighted by molar-refractivity contribution is 5.85. The molecule has 0 aromatic rings. The number of carbonyl (C=O) groups excluding carboxylic acids is 2. The van der Waals surface area contributed by atoms with Crippen molar-refractivity contribution in [3.05, 3.63) is 0 Å². The van der Waals surface area contributed by atoms with E-state index < -0.39 is 5.54 Å². The zero-order valence-corrected chi connectivity index (χ0v) is 12.5. The lowest BCUT2D eigenvalue weighted by Crippen LogP contribution is -2.47. The second-order valence-corrected chi connectivity index (χ2v) is 5.47. The van der Waals surface area contributed by atoms with Gasteiger partial charge in [-0.2, -0.15) is 0 Å². The minimum absolute atomic E-state index is 0. The predicted octanol–water partition coefficient (Wildman–Crippen LogP) is 0.814.